The SMILES string of the molecule is C=C(C)C(=O)[Si](OC)(OC)OCCCCCCCCC. The highest BCUT2D eigenvalue weighted by Gasteiger charge is 2.48. The molecule has 0 heterocycles. The zero-order valence-electron chi connectivity index (χ0n) is 13.5. The van der Waals surface area contributed by atoms with Crippen LogP contribution in [0.3, 0.4) is 0 Å². The molecule has 118 valence electrons. The Morgan fingerprint density at radius 2 is 1.50 bits per heavy atom. The van der Waals surface area contributed by atoms with E-state index in [0.29, 0.717) is 12.2 Å². The van der Waals surface area contributed by atoms with Crippen molar-refractivity contribution in [2.45, 2.75) is 58.8 Å². The normalized spacial score (nSPS) is 11.6. The minimum absolute atomic E-state index is 0.231. The summed E-state index contributed by atoms with van der Waals surface area (Å²) in [6.07, 6.45) is 8.41. The van der Waals surface area contributed by atoms with Gasteiger partial charge in [-0.3, -0.25) is 4.79 Å². The van der Waals surface area contributed by atoms with Crippen LogP contribution in [-0.2, 0) is 18.1 Å². The Labute approximate surface area is 124 Å². The van der Waals surface area contributed by atoms with Gasteiger partial charge in [-0.25, -0.2) is 0 Å². The lowest BCUT2D eigenvalue weighted by molar-refractivity contribution is -0.115. The summed E-state index contributed by atoms with van der Waals surface area (Å²) < 4.78 is 16.2. The first-order chi connectivity index (χ1) is 9.54. The van der Waals surface area contributed by atoms with Crippen molar-refractivity contribution in [2.24, 2.45) is 0 Å². The van der Waals surface area contributed by atoms with Crippen molar-refractivity contribution in [2.75, 3.05) is 20.8 Å². The maximum atomic E-state index is 12.1. The summed E-state index contributed by atoms with van der Waals surface area (Å²) in [4.78, 5) is 12.1. The number of hydrogen-bond acceptors (Lipinski definition) is 4. The van der Waals surface area contributed by atoms with E-state index in [1.54, 1.807) is 6.92 Å². The van der Waals surface area contributed by atoms with E-state index in [0.717, 1.165) is 12.8 Å². The lowest BCUT2D eigenvalue weighted by Gasteiger charge is -2.24. The molecule has 0 rings (SSSR count). The summed E-state index contributed by atoms with van der Waals surface area (Å²) in [5.74, 6) is 0. The number of unbranched alkanes of at least 4 members (excludes halogenated alkanes) is 6. The Morgan fingerprint density at radius 1 is 1.00 bits per heavy atom. The van der Waals surface area contributed by atoms with Crippen LogP contribution in [0.5, 0.6) is 0 Å². The second kappa shape index (κ2) is 11.2. The summed E-state index contributed by atoms with van der Waals surface area (Å²) in [6.45, 7) is 8.02. The molecule has 0 aromatic rings. The maximum absolute atomic E-state index is 12.1. The van der Waals surface area contributed by atoms with Crippen LogP contribution in [0.1, 0.15) is 58.8 Å². The van der Waals surface area contributed by atoms with E-state index >= 15 is 0 Å². The molecule has 0 aromatic heterocycles. The summed E-state index contributed by atoms with van der Waals surface area (Å²) in [5.41, 5.74) is 0.417. The van der Waals surface area contributed by atoms with E-state index in [2.05, 4.69) is 13.5 Å². The molecule has 0 aliphatic heterocycles. The largest absolute Gasteiger partial charge is 0.579 e. The van der Waals surface area contributed by atoms with Crippen molar-refractivity contribution in [1.82, 2.24) is 0 Å². The number of allylic oxidation sites excluding steroid dienone is 1. The van der Waals surface area contributed by atoms with Crippen LogP contribution in [0.15, 0.2) is 12.2 Å². The standard InChI is InChI=1S/C15H30O4Si/c1-6-7-8-9-10-11-12-13-19-20(17-4,18-5)15(16)14(2)3/h2,6-13H2,1,3-5H3. The number of carbonyl (C=O) groups excluding carboxylic acids is 1. The van der Waals surface area contributed by atoms with Crippen molar-refractivity contribution in [3.8, 4) is 0 Å². The average Bonchev–Trinajstić information content (AvgIpc) is 2.45. The lowest BCUT2D eigenvalue weighted by atomic mass is 10.1. The Morgan fingerprint density at radius 3 is 1.95 bits per heavy atom. The summed E-state index contributed by atoms with van der Waals surface area (Å²) >= 11 is 0. The molecule has 0 fully saturated rings. The Balaban J connectivity index is 3.99. The van der Waals surface area contributed by atoms with E-state index in [9.17, 15) is 4.79 Å². The molecule has 0 radical (unpaired) electrons. The van der Waals surface area contributed by atoms with Gasteiger partial charge in [0.25, 0.3) is 0 Å². The maximum Gasteiger partial charge on any atom is 0.579 e. The van der Waals surface area contributed by atoms with Gasteiger partial charge in [0.15, 0.2) is 0 Å². The third-order valence-corrected chi connectivity index (χ3v) is 5.89. The molecule has 0 aliphatic rings. The minimum atomic E-state index is -3.23. The van der Waals surface area contributed by atoms with Gasteiger partial charge in [0, 0.05) is 20.8 Å². The molecule has 20 heavy (non-hydrogen) atoms. The Hall–Kier alpha value is -0.493. The molecule has 5 heteroatoms. The third kappa shape index (κ3) is 6.79. The van der Waals surface area contributed by atoms with Crippen molar-refractivity contribution in [1.29, 1.82) is 0 Å². The van der Waals surface area contributed by atoms with Gasteiger partial charge in [-0.05, 0) is 18.9 Å². The van der Waals surface area contributed by atoms with E-state index in [4.69, 9.17) is 13.3 Å². The molecule has 0 bridgehead atoms. The fourth-order valence-electron chi connectivity index (χ4n) is 1.98. The monoisotopic (exact) mass is 302 g/mol. The van der Waals surface area contributed by atoms with E-state index < -0.39 is 8.80 Å². The van der Waals surface area contributed by atoms with Gasteiger partial charge < -0.3 is 13.3 Å². The van der Waals surface area contributed by atoms with Crippen molar-refractivity contribution in [3.63, 3.8) is 0 Å². The van der Waals surface area contributed by atoms with Gasteiger partial charge in [0.1, 0.15) is 0 Å². The fraction of sp³-hybridized carbons (Fsp3) is 0.800. The van der Waals surface area contributed by atoms with Crippen LogP contribution in [0.4, 0.5) is 0 Å². The Kier molecular flexibility index (Phi) is 10.9. The van der Waals surface area contributed by atoms with E-state index in [1.807, 2.05) is 0 Å². The number of hydrogen-bond donors (Lipinski definition) is 0. The zero-order chi connectivity index (χ0) is 15.4. The molecule has 0 atom stereocenters. The molecular weight excluding hydrogens is 272 g/mol. The average molecular weight is 302 g/mol. The molecule has 0 aliphatic carbocycles. The van der Waals surface area contributed by atoms with Crippen LogP contribution >= 0.6 is 0 Å². The fourth-order valence-corrected chi connectivity index (χ4v) is 3.82. The van der Waals surface area contributed by atoms with E-state index in [1.165, 1.54) is 46.3 Å². The van der Waals surface area contributed by atoms with Gasteiger partial charge >= 0.3 is 8.80 Å². The summed E-state index contributed by atoms with van der Waals surface area (Å²) in [6, 6.07) is 0. The van der Waals surface area contributed by atoms with Crippen LogP contribution in [-0.4, -0.2) is 35.0 Å². The highest BCUT2D eigenvalue weighted by atomic mass is 28.4. The quantitative estimate of drug-likeness (QED) is 0.296. The molecule has 0 N–H and O–H groups in total. The van der Waals surface area contributed by atoms with Gasteiger partial charge in [-0.2, -0.15) is 0 Å². The predicted octanol–water partition coefficient (Wildman–Crippen LogP) is 3.67. The third-order valence-electron chi connectivity index (χ3n) is 3.24. The van der Waals surface area contributed by atoms with Crippen molar-refractivity contribution in [3.05, 3.63) is 12.2 Å². The smallest absolute Gasteiger partial charge is 0.372 e. The molecule has 0 saturated carbocycles. The Bertz CT molecular complexity index is 288. The van der Waals surface area contributed by atoms with Crippen LogP contribution in [0.25, 0.3) is 0 Å². The first-order valence-electron chi connectivity index (χ1n) is 7.48. The molecule has 0 unspecified atom stereocenters. The summed E-state index contributed by atoms with van der Waals surface area (Å²) in [7, 11) is -0.310. The minimum Gasteiger partial charge on any atom is -0.372 e. The van der Waals surface area contributed by atoms with Crippen LogP contribution < -0.4 is 0 Å². The second-order valence-corrected chi connectivity index (χ2v) is 7.72. The lowest BCUT2D eigenvalue weighted by Crippen LogP contribution is -2.52. The highest BCUT2D eigenvalue weighted by molar-refractivity contribution is 6.94. The van der Waals surface area contributed by atoms with Gasteiger partial charge in [-0.15, -0.1) is 0 Å². The number of carbonyl (C=O) groups is 1. The van der Waals surface area contributed by atoms with Gasteiger partial charge in [-0.1, -0.05) is 52.0 Å². The first-order valence-corrected chi connectivity index (χ1v) is 9.21. The molecule has 0 amide bonds. The molecule has 0 aromatic carbocycles. The van der Waals surface area contributed by atoms with Crippen LogP contribution in [0.2, 0.25) is 0 Å². The van der Waals surface area contributed by atoms with E-state index in [-0.39, 0.29) is 5.41 Å². The molecular formula is C15H30O4Si. The van der Waals surface area contributed by atoms with Gasteiger partial charge in [0.05, 0.1) is 0 Å². The van der Waals surface area contributed by atoms with Gasteiger partial charge in [0.2, 0.25) is 5.41 Å². The second-order valence-electron chi connectivity index (χ2n) is 5.04. The summed E-state index contributed by atoms with van der Waals surface area (Å²) in [5, 5.41) is -0.231. The van der Waals surface area contributed by atoms with Crippen LogP contribution in [0, 0.1) is 0 Å². The molecule has 4 nitrogen and oxygen atoms in total. The molecule has 0 saturated heterocycles. The predicted molar refractivity (Wildman–Crippen MR) is 83.5 cm³/mol. The zero-order valence-corrected chi connectivity index (χ0v) is 14.5. The highest BCUT2D eigenvalue weighted by Crippen LogP contribution is 2.15. The first kappa shape index (κ1) is 19.5. The molecule has 0 spiro atoms. The number of rotatable bonds is 13. The van der Waals surface area contributed by atoms with Crippen molar-refractivity contribution >= 4 is 14.2 Å². The topological polar surface area (TPSA) is 44.8 Å². The van der Waals surface area contributed by atoms with Crippen molar-refractivity contribution < 1.29 is 18.1 Å².